The van der Waals surface area contributed by atoms with Gasteiger partial charge >= 0.3 is 5.97 Å². The Hall–Kier alpha value is -1.06. The fourth-order valence-corrected chi connectivity index (χ4v) is 2.54. The molecule has 1 N–H and O–H groups in total. The number of likely N-dealkylation sites (tertiary alicyclic amines) is 1. The lowest BCUT2D eigenvalue weighted by atomic mass is 9.78. The fraction of sp³-hybridized carbons (Fsp3) is 0.857. The summed E-state index contributed by atoms with van der Waals surface area (Å²) >= 11 is 0. The number of piperidine rings is 1. The van der Waals surface area contributed by atoms with Gasteiger partial charge in [-0.2, -0.15) is 0 Å². The van der Waals surface area contributed by atoms with E-state index >= 15 is 0 Å². The van der Waals surface area contributed by atoms with Crippen molar-refractivity contribution in [2.24, 2.45) is 11.3 Å². The minimum absolute atomic E-state index is 0.00741. The van der Waals surface area contributed by atoms with Gasteiger partial charge in [-0.25, -0.2) is 0 Å². The molecule has 0 aromatic heterocycles. The molecule has 104 valence electrons. The van der Waals surface area contributed by atoms with Crippen LogP contribution in [0.3, 0.4) is 0 Å². The molecule has 18 heavy (non-hydrogen) atoms. The van der Waals surface area contributed by atoms with Crippen LogP contribution in [0.15, 0.2) is 0 Å². The first-order valence-corrected chi connectivity index (χ1v) is 6.96. The molecule has 0 atom stereocenters. The number of rotatable bonds is 5. The van der Waals surface area contributed by atoms with E-state index in [0.717, 1.165) is 25.9 Å². The average molecular weight is 255 g/mol. The predicted octanol–water partition coefficient (Wildman–Crippen LogP) is 2.53. The van der Waals surface area contributed by atoms with Crippen molar-refractivity contribution in [3.63, 3.8) is 0 Å². The topological polar surface area (TPSA) is 57.6 Å². The van der Waals surface area contributed by atoms with E-state index in [1.54, 1.807) is 0 Å². The molecule has 1 amide bonds. The van der Waals surface area contributed by atoms with Crippen molar-refractivity contribution < 1.29 is 14.7 Å². The van der Waals surface area contributed by atoms with Crippen LogP contribution < -0.4 is 0 Å². The largest absolute Gasteiger partial charge is 0.481 e. The normalized spacial score (nSPS) is 17.8. The first-order valence-electron chi connectivity index (χ1n) is 6.96. The maximum atomic E-state index is 12.2. The second-order valence-corrected chi connectivity index (χ2v) is 5.53. The lowest BCUT2D eigenvalue weighted by Gasteiger charge is -2.34. The summed E-state index contributed by atoms with van der Waals surface area (Å²) in [6, 6.07) is 0. The molecule has 1 rings (SSSR count). The van der Waals surface area contributed by atoms with E-state index in [0.29, 0.717) is 18.8 Å². The first-order chi connectivity index (χ1) is 8.45. The molecule has 0 saturated carbocycles. The van der Waals surface area contributed by atoms with Crippen molar-refractivity contribution in [1.29, 1.82) is 0 Å². The summed E-state index contributed by atoms with van der Waals surface area (Å²) in [7, 11) is 0. The Bertz CT molecular complexity index is 302. The highest BCUT2D eigenvalue weighted by Crippen LogP contribution is 2.32. The molecule has 0 bridgehead atoms. The van der Waals surface area contributed by atoms with Gasteiger partial charge in [0, 0.05) is 19.5 Å². The Morgan fingerprint density at radius 1 is 1.22 bits per heavy atom. The van der Waals surface area contributed by atoms with Crippen LogP contribution in [-0.2, 0) is 9.59 Å². The number of carboxylic acids is 1. The third-order valence-electron chi connectivity index (χ3n) is 4.43. The summed E-state index contributed by atoms with van der Waals surface area (Å²) < 4.78 is 0. The molecule has 0 radical (unpaired) electrons. The van der Waals surface area contributed by atoms with Crippen LogP contribution in [0.1, 0.15) is 52.9 Å². The molecule has 0 aromatic carbocycles. The van der Waals surface area contributed by atoms with Crippen LogP contribution in [-0.4, -0.2) is 35.0 Å². The molecule has 1 saturated heterocycles. The third kappa shape index (κ3) is 3.24. The minimum Gasteiger partial charge on any atom is -0.481 e. The molecule has 1 aliphatic rings. The SMILES string of the molecule is CCC(CC)(CC(=O)N1CCC(C)CC1)C(=O)O. The highest BCUT2D eigenvalue weighted by Gasteiger charge is 2.38. The number of carboxylic acid groups (broad SMARTS) is 1. The van der Waals surface area contributed by atoms with Gasteiger partial charge in [-0.15, -0.1) is 0 Å². The van der Waals surface area contributed by atoms with Crippen molar-refractivity contribution >= 4 is 11.9 Å². The molecule has 1 aliphatic heterocycles. The van der Waals surface area contributed by atoms with Crippen LogP contribution in [0.2, 0.25) is 0 Å². The summed E-state index contributed by atoms with van der Waals surface area (Å²) in [5.41, 5.74) is -0.875. The lowest BCUT2D eigenvalue weighted by molar-refractivity contribution is -0.154. The molecular formula is C14H25NO3. The summed E-state index contributed by atoms with van der Waals surface area (Å²) in [5, 5.41) is 9.34. The number of carbonyl (C=O) groups is 2. The van der Waals surface area contributed by atoms with Crippen molar-refractivity contribution in [3.8, 4) is 0 Å². The zero-order chi connectivity index (χ0) is 13.8. The van der Waals surface area contributed by atoms with Crippen molar-refractivity contribution in [2.45, 2.75) is 52.9 Å². The van der Waals surface area contributed by atoms with Gasteiger partial charge in [-0.1, -0.05) is 20.8 Å². The Balaban J connectivity index is 2.64. The van der Waals surface area contributed by atoms with Crippen LogP contribution in [0.4, 0.5) is 0 Å². The third-order valence-corrected chi connectivity index (χ3v) is 4.43. The Morgan fingerprint density at radius 3 is 2.11 bits per heavy atom. The number of nitrogens with zero attached hydrogens (tertiary/aromatic N) is 1. The quantitative estimate of drug-likeness (QED) is 0.821. The van der Waals surface area contributed by atoms with Gasteiger partial charge in [0.05, 0.1) is 5.41 Å². The zero-order valence-electron chi connectivity index (χ0n) is 11.7. The number of carbonyl (C=O) groups excluding carboxylic acids is 1. The van der Waals surface area contributed by atoms with Gasteiger partial charge in [-0.3, -0.25) is 9.59 Å². The Kier molecular flexibility index (Phi) is 5.17. The standard InChI is InChI=1S/C14H25NO3/c1-4-14(5-2,13(17)18)10-12(16)15-8-6-11(3)7-9-15/h11H,4-10H2,1-3H3,(H,17,18). The summed E-state index contributed by atoms with van der Waals surface area (Å²) in [4.78, 5) is 25.4. The van der Waals surface area contributed by atoms with Gasteiger partial charge in [0.15, 0.2) is 0 Å². The Morgan fingerprint density at radius 2 is 1.72 bits per heavy atom. The van der Waals surface area contributed by atoms with E-state index in [1.165, 1.54) is 0 Å². The van der Waals surface area contributed by atoms with Gasteiger partial charge < -0.3 is 10.0 Å². The highest BCUT2D eigenvalue weighted by atomic mass is 16.4. The smallest absolute Gasteiger partial charge is 0.310 e. The van der Waals surface area contributed by atoms with Crippen LogP contribution in [0, 0.1) is 11.3 Å². The summed E-state index contributed by atoms with van der Waals surface area (Å²) in [6.07, 6.45) is 3.22. The summed E-state index contributed by atoms with van der Waals surface area (Å²) in [5.74, 6) is -0.158. The first kappa shape index (κ1) is 15.0. The van der Waals surface area contributed by atoms with E-state index in [1.807, 2.05) is 18.7 Å². The second-order valence-electron chi connectivity index (χ2n) is 5.53. The van der Waals surface area contributed by atoms with Crippen LogP contribution in [0.5, 0.6) is 0 Å². The lowest BCUT2D eigenvalue weighted by Crippen LogP contribution is -2.42. The van der Waals surface area contributed by atoms with E-state index in [-0.39, 0.29) is 12.3 Å². The second kappa shape index (κ2) is 6.21. The molecule has 0 spiro atoms. The van der Waals surface area contributed by atoms with Gasteiger partial charge in [0.2, 0.25) is 5.91 Å². The minimum atomic E-state index is -0.875. The van der Waals surface area contributed by atoms with E-state index < -0.39 is 11.4 Å². The average Bonchev–Trinajstić information content (AvgIpc) is 2.36. The van der Waals surface area contributed by atoms with Crippen molar-refractivity contribution in [1.82, 2.24) is 4.90 Å². The number of hydrogen-bond donors (Lipinski definition) is 1. The molecule has 4 nitrogen and oxygen atoms in total. The molecule has 1 fully saturated rings. The van der Waals surface area contributed by atoms with Gasteiger partial charge in [-0.05, 0) is 31.6 Å². The van der Waals surface area contributed by atoms with Crippen molar-refractivity contribution in [3.05, 3.63) is 0 Å². The molecule has 0 aromatic rings. The maximum Gasteiger partial charge on any atom is 0.310 e. The van der Waals surface area contributed by atoms with Crippen molar-refractivity contribution in [2.75, 3.05) is 13.1 Å². The highest BCUT2D eigenvalue weighted by molar-refractivity contribution is 5.85. The number of hydrogen-bond acceptors (Lipinski definition) is 2. The molecule has 1 heterocycles. The predicted molar refractivity (Wildman–Crippen MR) is 70.2 cm³/mol. The monoisotopic (exact) mass is 255 g/mol. The molecular weight excluding hydrogens is 230 g/mol. The van der Waals surface area contributed by atoms with E-state index in [9.17, 15) is 14.7 Å². The number of amides is 1. The van der Waals surface area contributed by atoms with Crippen LogP contribution in [0.25, 0.3) is 0 Å². The van der Waals surface area contributed by atoms with E-state index in [4.69, 9.17) is 0 Å². The zero-order valence-corrected chi connectivity index (χ0v) is 11.7. The molecule has 0 aliphatic carbocycles. The number of aliphatic carboxylic acids is 1. The maximum absolute atomic E-state index is 12.2. The summed E-state index contributed by atoms with van der Waals surface area (Å²) in [6.45, 7) is 7.46. The fourth-order valence-electron chi connectivity index (χ4n) is 2.54. The van der Waals surface area contributed by atoms with Crippen LogP contribution >= 0.6 is 0 Å². The Labute approximate surface area is 109 Å². The molecule has 0 unspecified atom stereocenters. The molecule has 4 heteroatoms. The van der Waals surface area contributed by atoms with Gasteiger partial charge in [0.25, 0.3) is 0 Å². The van der Waals surface area contributed by atoms with Gasteiger partial charge in [0.1, 0.15) is 0 Å². The van der Waals surface area contributed by atoms with E-state index in [2.05, 4.69) is 6.92 Å².